The van der Waals surface area contributed by atoms with Gasteiger partial charge in [-0.2, -0.15) is 0 Å². The zero-order valence-electron chi connectivity index (χ0n) is 22.4. The van der Waals surface area contributed by atoms with Gasteiger partial charge in [-0.1, -0.05) is 72.6 Å². The maximum Gasteiger partial charge on any atom is 0.264 e. The van der Waals surface area contributed by atoms with Crippen LogP contribution in [0.1, 0.15) is 38.3 Å². The number of amides is 2. The summed E-state index contributed by atoms with van der Waals surface area (Å²) in [6.07, 6.45) is 0.294. The number of carbonyl (C=O) groups excluding carboxylic acids is 2. The number of nitrogens with zero attached hydrogens (tertiary/aromatic N) is 2. The van der Waals surface area contributed by atoms with Gasteiger partial charge in [0, 0.05) is 28.2 Å². The van der Waals surface area contributed by atoms with E-state index in [1.165, 1.54) is 17.0 Å². The highest BCUT2D eigenvalue weighted by molar-refractivity contribution is 7.92. The molecule has 3 rings (SSSR count). The van der Waals surface area contributed by atoms with Crippen molar-refractivity contribution in [2.24, 2.45) is 0 Å². The van der Waals surface area contributed by atoms with Crippen molar-refractivity contribution in [2.45, 2.75) is 57.6 Å². The molecule has 10 heteroatoms. The summed E-state index contributed by atoms with van der Waals surface area (Å²) in [4.78, 5) is 28.7. The Bertz CT molecular complexity index is 1390. The van der Waals surface area contributed by atoms with E-state index in [4.69, 9.17) is 23.2 Å². The zero-order chi connectivity index (χ0) is 28.7. The summed E-state index contributed by atoms with van der Waals surface area (Å²) in [5.74, 6) is -0.920. The van der Waals surface area contributed by atoms with Crippen LogP contribution in [0.3, 0.4) is 0 Å². The third-order valence-electron chi connectivity index (χ3n) is 6.20. The van der Waals surface area contributed by atoms with Crippen LogP contribution in [0.2, 0.25) is 10.0 Å². The van der Waals surface area contributed by atoms with Crippen LogP contribution in [0.5, 0.6) is 0 Å². The quantitative estimate of drug-likeness (QED) is 0.305. The lowest BCUT2D eigenvalue weighted by molar-refractivity contribution is -0.140. The van der Waals surface area contributed by atoms with Crippen LogP contribution in [0.15, 0.2) is 77.7 Å². The first-order valence-electron chi connectivity index (χ1n) is 12.6. The summed E-state index contributed by atoms with van der Waals surface area (Å²) in [6, 6.07) is 18.8. The summed E-state index contributed by atoms with van der Waals surface area (Å²) < 4.78 is 28.8. The first-order valence-corrected chi connectivity index (χ1v) is 14.8. The Hall–Kier alpha value is -3.07. The molecule has 0 fully saturated rings. The van der Waals surface area contributed by atoms with E-state index >= 15 is 0 Å². The van der Waals surface area contributed by atoms with Crippen molar-refractivity contribution in [3.05, 3.63) is 94.0 Å². The fourth-order valence-corrected chi connectivity index (χ4v) is 6.25. The molecular weight excluding hydrogens is 557 g/mol. The number of aryl methyl sites for hydroxylation is 1. The van der Waals surface area contributed by atoms with E-state index in [2.05, 4.69) is 5.32 Å². The molecule has 3 aromatic rings. The van der Waals surface area contributed by atoms with Gasteiger partial charge in [-0.3, -0.25) is 13.9 Å². The van der Waals surface area contributed by atoms with Gasteiger partial charge in [0.1, 0.15) is 12.6 Å². The highest BCUT2D eigenvalue weighted by Crippen LogP contribution is 2.29. The van der Waals surface area contributed by atoms with Crippen LogP contribution in [0, 0.1) is 6.92 Å². The van der Waals surface area contributed by atoms with Crippen molar-refractivity contribution in [1.82, 2.24) is 10.2 Å². The first-order chi connectivity index (χ1) is 18.5. The van der Waals surface area contributed by atoms with Crippen molar-refractivity contribution < 1.29 is 18.0 Å². The smallest absolute Gasteiger partial charge is 0.264 e. The Labute approximate surface area is 240 Å². The van der Waals surface area contributed by atoms with Gasteiger partial charge in [0.25, 0.3) is 10.0 Å². The minimum absolute atomic E-state index is 0.0475. The fourth-order valence-electron chi connectivity index (χ4n) is 4.23. The molecule has 0 spiro atoms. The monoisotopic (exact) mass is 589 g/mol. The fraction of sp³-hybridized carbons (Fsp3) is 0.310. The summed E-state index contributed by atoms with van der Waals surface area (Å²) in [6.45, 7) is 6.62. The Kier molecular flexibility index (Phi) is 10.4. The number of sulfonamides is 1. The number of hydrogen-bond donors (Lipinski definition) is 1. The lowest BCUT2D eigenvalue weighted by Gasteiger charge is -2.34. The Morgan fingerprint density at radius 2 is 1.49 bits per heavy atom. The number of nitrogens with one attached hydrogen (secondary N) is 1. The van der Waals surface area contributed by atoms with Crippen LogP contribution in [0.4, 0.5) is 5.69 Å². The van der Waals surface area contributed by atoms with Gasteiger partial charge < -0.3 is 10.2 Å². The topological polar surface area (TPSA) is 86.8 Å². The lowest BCUT2D eigenvalue weighted by atomic mass is 10.1. The molecule has 0 saturated heterocycles. The van der Waals surface area contributed by atoms with Gasteiger partial charge in [-0.05, 0) is 63.1 Å². The molecule has 39 heavy (non-hydrogen) atoms. The number of hydrogen-bond acceptors (Lipinski definition) is 4. The first kappa shape index (κ1) is 30.5. The second-order valence-electron chi connectivity index (χ2n) is 9.42. The Morgan fingerprint density at radius 3 is 2.05 bits per heavy atom. The molecule has 1 unspecified atom stereocenters. The molecule has 7 nitrogen and oxygen atoms in total. The lowest BCUT2D eigenvalue weighted by Crippen LogP contribution is -2.53. The number of anilines is 1. The third-order valence-corrected chi connectivity index (χ3v) is 8.68. The molecule has 0 saturated carbocycles. The molecule has 3 aromatic carbocycles. The largest absolute Gasteiger partial charge is 0.352 e. The molecule has 1 atom stereocenters. The number of para-hydroxylation sites is 1. The van der Waals surface area contributed by atoms with Crippen molar-refractivity contribution in [2.75, 3.05) is 10.8 Å². The second-order valence-corrected chi connectivity index (χ2v) is 12.1. The SMILES string of the molecule is CCC(C(=O)NC(C)C)N(Cc1c(Cl)cccc1Cl)C(=O)CN(c1ccccc1C)S(=O)(=O)c1ccccc1. The van der Waals surface area contributed by atoms with E-state index < -0.39 is 28.5 Å². The molecule has 0 aliphatic rings. The highest BCUT2D eigenvalue weighted by Gasteiger charge is 2.34. The predicted molar refractivity (Wildman–Crippen MR) is 157 cm³/mol. The predicted octanol–water partition coefficient (Wildman–Crippen LogP) is 5.83. The highest BCUT2D eigenvalue weighted by atomic mass is 35.5. The van der Waals surface area contributed by atoms with Crippen LogP contribution < -0.4 is 9.62 Å². The summed E-state index contributed by atoms with van der Waals surface area (Å²) in [5.41, 5.74) is 1.51. The van der Waals surface area contributed by atoms with E-state index in [1.807, 2.05) is 13.8 Å². The van der Waals surface area contributed by atoms with Crippen molar-refractivity contribution in [1.29, 1.82) is 0 Å². The van der Waals surface area contributed by atoms with E-state index in [0.29, 0.717) is 33.3 Å². The molecule has 0 bridgehead atoms. The molecule has 0 heterocycles. The van der Waals surface area contributed by atoms with E-state index in [1.54, 1.807) is 74.5 Å². The summed E-state index contributed by atoms with van der Waals surface area (Å²) >= 11 is 12.9. The molecule has 0 aliphatic heterocycles. The molecule has 0 aliphatic carbocycles. The van der Waals surface area contributed by atoms with E-state index in [0.717, 1.165) is 4.31 Å². The van der Waals surface area contributed by atoms with Gasteiger partial charge in [-0.15, -0.1) is 0 Å². The van der Waals surface area contributed by atoms with Gasteiger partial charge >= 0.3 is 0 Å². The number of halogens is 2. The van der Waals surface area contributed by atoms with E-state index in [-0.39, 0.29) is 23.4 Å². The summed E-state index contributed by atoms with van der Waals surface area (Å²) in [7, 11) is -4.13. The van der Waals surface area contributed by atoms with Gasteiger partial charge in [-0.25, -0.2) is 8.42 Å². The Balaban J connectivity index is 2.11. The number of carbonyl (C=O) groups is 2. The molecule has 2 amide bonds. The molecule has 1 N–H and O–H groups in total. The molecule has 0 radical (unpaired) electrons. The van der Waals surface area contributed by atoms with Crippen LogP contribution in [-0.2, 0) is 26.2 Å². The van der Waals surface area contributed by atoms with Crippen molar-refractivity contribution >= 4 is 50.7 Å². The molecular formula is C29H33Cl2N3O4S. The maximum absolute atomic E-state index is 14.1. The minimum atomic E-state index is -4.13. The van der Waals surface area contributed by atoms with Crippen LogP contribution in [-0.4, -0.2) is 43.8 Å². The zero-order valence-corrected chi connectivity index (χ0v) is 24.7. The van der Waals surface area contributed by atoms with E-state index in [9.17, 15) is 18.0 Å². The van der Waals surface area contributed by atoms with Crippen LogP contribution in [0.25, 0.3) is 0 Å². The van der Waals surface area contributed by atoms with Gasteiger partial charge in [0.15, 0.2) is 0 Å². The number of rotatable bonds is 11. The standard InChI is InChI=1S/C29H33Cl2N3O4S/c1-5-26(29(36)32-20(2)3)33(18-23-24(30)15-11-16-25(23)31)28(35)19-34(27-17-10-9-12-21(27)4)39(37,38)22-13-7-6-8-14-22/h6-17,20,26H,5,18-19H2,1-4H3,(H,32,36). The summed E-state index contributed by atoms with van der Waals surface area (Å²) in [5, 5.41) is 3.54. The van der Waals surface area contributed by atoms with Crippen LogP contribution >= 0.6 is 23.2 Å². The van der Waals surface area contributed by atoms with Gasteiger partial charge in [0.05, 0.1) is 10.6 Å². The van der Waals surface area contributed by atoms with Crippen molar-refractivity contribution in [3.8, 4) is 0 Å². The third kappa shape index (κ3) is 7.32. The number of benzene rings is 3. The Morgan fingerprint density at radius 1 is 0.897 bits per heavy atom. The molecule has 208 valence electrons. The average molecular weight is 591 g/mol. The van der Waals surface area contributed by atoms with Crippen molar-refractivity contribution in [3.63, 3.8) is 0 Å². The normalized spacial score (nSPS) is 12.2. The minimum Gasteiger partial charge on any atom is -0.352 e. The second kappa shape index (κ2) is 13.3. The van der Waals surface area contributed by atoms with Gasteiger partial charge in [0.2, 0.25) is 11.8 Å². The molecule has 0 aromatic heterocycles. The average Bonchev–Trinajstić information content (AvgIpc) is 2.89. The maximum atomic E-state index is 14.1.